The Kier molecular flexibility index (Phi) is 7.66. The topological polar surface area (TPSA) is 132 Å². The monoisotopic (exact) mass is 581 g/mol. The van der Waals surface area contributed by atoms with Crippen molar-refractivity contribution < 1.29 is 14.3 Å². The summed E-state index contributed by atoms with van der Waals surface area (Å²) in [6, 6.07) is 12.3. The number of nitrogens with zero attached hydrogens (tertiary/aromatic N) is 7. The number of anilines is 3. The average molecular weight is 582 g/mol. The van der Waals surface area contributed by atoms with Crippen LogP contribution in [-0.4, -0.2) is 67.5 Å². The molecular weight excluding hydrogens is 546 g/mol. The number of hydrogen-bond acceptors (Lipinski definition) is 10. The van der Waals surface area contributed by atoms with Crippen molar-refractivity contribution in [3.05, 3.63) is 71.9 Å². The number of rotatable bonds is 7. The number of alkyl carbamates (subject to hydrolysis) is 1. The Morgan fingerprint density at radius 3 is 2.81 bits per heavy atom. The quantitative estimate of drug-likeness (QED) is 0.276. The molecule has 1 aromatic carbocycles. The Labute approximate surface area is 249 Å². The zero-order valence-corrected chi connectivity index (χ0v) is 24.8. The summed E-state index contributed by atoms with van der Waals surface area (Å²) in [5, 5.41) is 10.5. The van der Waals surface area contributed by atoms with Crippen LogP contribution in [0.25, 0.3) is 16.7 Å². The maximum atomic E-state index is 12.2. The first-order chi connectivity index (χ1) is 20.7. The van der Waals surface area contributed by atoms with Gasteiger partial charge in [0.05, 0.1) is 12.1 Å². The van der Waals surface area contributed by atoms with Crippen molar-refractivity contribution in [3.8, 4) is 5.75 Å². The number of pyridine rings is 2. The van der Waals surface area contributed by atoms with Gasteiger partial charge in [-0.05, 0) is 81.5 Å². The number of benzene rings is 1. The second-order valence-corrected chi connectivity index (χ2v) is 11.6. The molecule has 4 aromatic heterocycles. The molecule has 0 saturated carbocycles. The summed E-state index contributed by atoms with van der Waals surface area (Å²) in [5.41, 5.74) is 6.05. The fourth-order valence-electron chi connectivity index (χ4n) is 5.05. The maximum absolute atomic E-state index is 12.2. The molecule has 12 heteroatoms. The maximum Gasteiger partial charge on any atom is 0.407 e. The number of nitrogens with one attached hydrogen (secondary N) is 2. The van der Waals surface area contributed by atoms with E-state index >= 15 is 0 Å². The molecule has 0 bridgehead atoms. The van der Waals surface area contributed by atoms with E-state index in [1.165, 1.54) is 17.5 Å². The van der Waals surface area contributed by atoms with Crippen molar-refractivity contribution in [2.75, 3.05) is 36.5 Å². The van der Waals surface area contributed by atoms with Crippen LogP contribution >= 0.6 is 0 Å². The Morgan fingerprint density at radius 2 is 1.98 bits per heavy atom. The molecule has 0 spiro atoms. The van der Waals surface area contributed by atoms with Gasteiger partial charge in [-0.3, -0.25) is 0 Å². The second-order valence-electron chi connectivity index (χ2n) is 11.6. The molecule has 5 heterocycles. The number of fused-ring (bicyclic) bond motifs is 3. The van der Waals surface area contributed by atoms with E-state index in [1.807, 2.05) is 39.1 Å². The molecular formula is C31H35N9O3. The summed E-state index contributed by atoms with van der Waals surface area (Å²) in [6.07, 6.45) is 6.19. The number of carbonyl (C=O) groups excluding carboxylic acids is 1. The molecule has 0 radical (unpaired) electrons. The van der Waals surface area contributed by atoms with Crippen LogP contribution in [0.5, 0.6) is 5.75 Å². The fourth-order valence-corrected chi connectivity index (χ4v) is 5.05. The lowest BCUT2D eigenvalue weighted by Gasteiger charge is -2.24. The lowest BCUT2D eigenvalue weighted by Crippen LogP contribution is -2.38. The van der Waals surface area contributed by atoms with Crippen molar-refractivity contribution in [1.82, 2.24) is 34.9 Å². The van der Waals surface area contributed by atoms with E-state index in [-0.39, 0.29) is 0 Å². The normalized spacial score (nSPS) is 13.3. The number of aryl methyl sites for hydroxylation is 1. The molecule has 0 atom stereocenters. The minimum absolute atomic E-state index is 0.406. The first-order valence-corrected chi connectivity index (χ1v) is 14.4. The summed E-state index contributed by atoms with van der Waals surface area (Å²) in [7, 11) is 0. The molecule has 0 fully saturated rings. The molecule has 1 aliphatic rings. The third kappa shape index (κ3) is 6.58. The number of aromatic nitrogens is 6. The number of carbonyl (C=O) groups is 1. The van der Waals surface area contributed by atoms with Crippen molar-refractivity contribution in [2.24, 2.45) is 0 Å². The molecule has 0 aliphatic carbocycles. The van der Waals surface area contributed by atoms with E-state index in [2.05, 4.69) is 66.8 Å². The molecule has 6 rings (SSSR count). The van der Waals surface area contributed by atoms with E-state index in [1.54, 1.807) is 10.8 Å². The Bertz CT molecular complexity index is 1780. The lowest BCUT2D eigenvalue weighted by atomic mass is 10.0. The summed E-state index contributed by atoms with van der Waals surface area (Å²) in [5.74, 6) is 1.97. The van der Waals surface area contributed by atoms with Crippen LogP contribution in [0.2, 0.25) is 0 Å². The van der Waals surface area contributed by atoms with Gasteiger partial charge in [0.25, 0.3) is 0 Å². The van der Waals surface area contributed by atoms with Crippen LogP contribution < -0.4 is 20.3 Å². The Morgan fingerprint density at radius 1 is 1.09 bits per heavy atom. The van der Waals surface area contributed by atoms with Gasteiger partial charge in [0.15, 0.2) is 23.0 Å². The van der Waals surface area contributed by atoms with Gasteiger partial charge >= 0.3 is 6.09 Å². The van der Waals surface area contributed by atoms with Crippen molar-refractivity contribution in [1.29, 1.82) is 0 Å². The van der Waals surface area contributed by atoms with Crippen LogP contribution in [-0.2, 0) is 11.2 Å². The van der Waals surface area contributed by atoms with E-state index < -0.39 is 11.7 Å². The first kappa shape index (κ1) is 28.1. The van der Waals surface area contributed by atoms with Crippen LogP contribution in [0.15, 0.2) is 55.2 Å². The fraction of sp³-hybridized carbons (Fsp3) is 0.355. The minimum atomic E-state index is -0.552. The summed E-state index contributed by atoms with van der Waals surface area (Å²) < 4.78 is 13.2. The molecule has 12 nitrogen and oxygen atoms in total. The predicted molar refractivity (Wildman–Crippen MR) is 164 cm³/mol. The number of ether oxygens (including phenoxy) is 2. The van der Waals surface area contributed by atoms with Gasteiger partial charge in [-0.2, -0.15) is 5.10 Å². The zero-order chi connectivity index (χ0) is 30.0. The van der Waals surface area contributed by atoms with Gasteiger partial charge in [0.1, 0.15) is 23.8 Å². The average Bonchev–Trinajstić information content (AvgIpc) is 3.34. The van der Waals surface area contributed by atoms with Gasteiger partial charge < -0.3 is 25.0 Å². The molecule has 0 unspecified atom stereocenters. The van der Waals surface area contributed by atoms with Gasteiger partial charge in [0, 0.05) is 37.6 Å². The molecule has 1 aliphatic heterocycles. The summed E-state index contributed by atoms with van der Waals surface area (Å²) >= 11 is 0. The summed E-state index contributed by atoms with van der Waals surface area (Å²) in [4.78, 5) is 32.5. The predicted octanol–water partition coefficient (Wildman–Crippen LogP) is 4.82. The van der Waals surface area contributed by atoms with Gasteiger partial charge in [0.2, 0.25) is 0 Å². The molecule has 43 heavy (non-hydrogen) atoms. The molecule has 5 aromatic rings. The highest BCUT2D eigenvalue weighted by atomic mass is 16.6. The van der Waals surface area contributed by atoms with E-state index in [4.69, 9.17) is 14.5 Å². The molecule has 0 saturated heterocycles. The van der Waals surface area contributed by atoms with Crippen LogP contribution in [0.1, 0.15) is 43.9 Å². The van der Waals surface area contributed by atoms with Gasteiger partial charge in [-0.25, -0.2) is 29.2 Å². The van der Waals surface area contributed by atoms with Crippen LogP contribution in [0, 0.1) is 6.92 Å². The van der Waals surface area contributed by atoms with Crippen molar-refractivity contribution >= 4 is 40.1 Å². The molecule has 2 N–H and O–H groups in total. The third-order valence-corrected chi connectivity index (χ3v) is 7.08. The highest BCUT2D eigenvalue weighted by Gasteiger charge is 2.22. The Hall–Kier alpha value is -5.00. The SMILES string of the molecule is Cc1cc(Nc2ncnc3cc4c(nc23)N(CCNC(=O)OC(C)(C)C)CCCO4)ccc1Cc1ccn2ncnc2c1. The van der Waals surface area contributed by atoms with E-state index in [0.29, 0.717) is 48.1 Å². The standard InChI is InChI=1S/C31H35N9O3/c1-20-14-23(7-6-22(20)15-21-8-11-40-26(16-21)34-19-36-40)37-28-27-24(33-18-35-28)17-25-29(38-27)39(10-5-13-42-25)12-9-32-30(41)43-31(2,3)4/h6-8,11,14,16-19H,5,9-10,12-13,15H2,1-4H3,(H,32,41)(H,33,35,37). The largest absolute Gasteiger partial charge is 0.490 e. The van der Waals surface area contributed by atoms with Crippen LogP contribution in [0.3, 0.4) is 0 Å². The molecule has 222 valence electrons. The van der Waals surface area contributed by atoms with Gasteiger partial charge in [-0.1, -0.05) is 6.07 Å². The summed E-state index contributed by atoms with van der Waals surface area (Å²) in [6.45, 7) is 9.90. The van der Waals surface area contributed by atoms with Crippen LogP contribution in [0.4, 0.5) is 22.1 Å². The van der Waals surface area contributed by atoms with Gasteiger partial charge in [-0.15, -0.1) is 0 Å². The number of hydrogen-bond donors (Lipinski definition) is 2. The van der Waals surface area contributed by atoms with Crippen molar-refractivity contribution in [2.45, 2.75) is 46.1 Å². The first-order valence-electron chi connectivity index (χ1n) is 14.4. The molecule has 1 amide bonds. The van der Waals surface area contributed by atoms with E-state index in [0.717, 1.165) is 36.3 Å². The Balaban J connectivity index is 1.21. The highest BCUT2D eigenvalue weighted by Crippen LogP contribution is 2.34. The lowest BCUT2D eigenvalue weighted by molar-refractivity contribution is 0.0529. The zero-order valence-electron chi connectivity index (χ0n) is 24.8. The minimum Gasteiger partial charge on any atom is -0.490 e. The third-order valence-electron chi connectivity index (χ3n) is 7.08. The van der Waals surface area contributed by atoms with E-state index in [9.17, 15) is 4.79 Å². The van der Waals surface area contributed by atoms with Crippen molar-refractivity contribution in [3.63, 3.8) is 0 Å². The smallest absolute Gasteiger partial charge is 0.407 e. The number of amides is 1. The second kappa shape index (κ2) is 11.7. The highest BCUT2D eigenvalue weighted by molar-refractivity contribution is 5.90.